The van der Waals surface area contributed by atoms with Gasteiger partial charge >= 0.3 is 0 Å². The van der Waals surface area contributed by atoms with E-state index < -0.39 is 5.92 Å². The number of anilines is 1. The number of hydrogen-bond acceptors (Lipinski definition) is 3. The van der Waals surface area contributed by atoms with E-state index in [-0.39, 0.29) is 24.3 Å². The molecular formula is C20H22N2O3. The van der Waals surface area contributed by atoms with Gasteiger partial charge in [0.15, 0.2) is 0 Å². The van der Waals surface area contributed by atoms with Crippen molar-refractivity contribution in [1.82, 2.24) is 4.90 Å². The average Bonchev–Trinajstić information content (AvgIpc) is 2.92. The van der Waals surface area contributed by atoms with E-state index in [4.69, 9.17) is 4.74 Å². The second-order valence-corrected chi connectivity index (χ2v) is 6.39. The van der Waals surface area contributed by atoms with Crippen LogP contribution in [-0.2, 0) is 9.59 Å². The quantitative estimate of drug-likeness (QED) is 0.931. The Morgan fingerprint density at radius 1 is 1.12 bits per heavy atom. The summed E-state index contributed by atoms with van der Waals surface area (Å²) in [7, 11) is 3.35. The Morgan fingerprint density at radius 3 is 2.36 bits per heavy atom. The van der Waals surface area contributed by atoms with Gasteiger partial charge in [-0.3, -0.25) is 9.59 Å². The molecule has 25 heavy (non-hydrogen) atoms. The Balaban J connectivity index is 1.81. The van der Waals surface area contributed by atoms with Crippen molar-refractivity contribution in [2.45, 2.75) is 19.4 Å². The van der Waals surface area contributed by atoms with Crippen molar-refractivity contribution in [2.24, 2.45) is 5.92 Å². The molecule has 1 heterocycles. The number of nitrogens with zero attached hydrogens (tertiary/aromatic N) is 1. The molecule has 3 rings (SSSR count). The van der Waals surface area contributed by atoms with Crippen LogP contribution in [0.1, 0.15) is 23.6 Å². The first-order valence-corrected chi connectivity index (χ1v) is 8.26. The van der Waals surface area contributed by atoms with Crippen LogP contribution in [0.25, 0.3) is 0 Å². The molecule has 1 aliphatic rings. The second kappa shape index (κ2) is 6.97. The molecular weight excluding hydrogens is 316 g/mol. The molecule has 0 spiro atoms. The Kier molecular flexibility index (Phi) is 4.74. The lowest BCUT2D eigenvalue weighted by Crippen LogP contribution is -2.30. The summed E-state index contributed by atoms with van der Waals surface area (Å²) in [4.78, 5) is 26.7. The first-order chi connectivity index (χ1) is 12.0. The third-order valence-electron chi connectivity index (χ3n) is 4.70. The van der Waals surface area contributed by atoms with Crippen LogP contribution >= 0.6 is 0 Å². The van der Waals surface area contributed by atoms with Gasteiger partial charge in [-0.05, 0) is 36.8 Å². The smallest absolute Gasteiger partial charge is 0.230 e. The summed E-state index contributed by atoms with van der Waals surface area (Å²) in [5.74, 6) is 0.155. The third kappa shape index (κ3) is 3.50. The Labute approximate surface area is 147 Å². The molecule has 2 atom stereocenters. The number of methoxy groups -OCH3 is 1. The van der Waals surface area contributed by atoms with Crippen LogP contribution in [0, 0.1) is 12.8 Å². The van der Waals surface area contributed by atoms with Gasteiger partial charge in [0.25, 0.3) is 0 Å². The Bertz CT molecular complexity index is 769. The summed E-state index contributed by atoms with van der Waals surface area (Å²) in [5, 5.41) is 2.91. The number of hydrogen-bond donors (Lipinski definition) is 1. The lowest BCUT2D eigenvalue weighted by Gasteiger charge is -2.25. The molecule has 1 N–H and O–H groups in total. The zero-order valence-corrected chi connectivity index (χ0v) is 14.7. The molecule has 5 heteroatoms. The fourth-order valence-corrected chi connectivity index (χ4v) is 3.23. The minimum atomic E-state index is -0.415. The molecule has 1 saturated heterocycles. The highest BCUT2D eigenvalue weighted by Gasteiger charge is 2.42. The largest absolute Gasteiger partial charge is 0.497 e. The van der Waals surface area contributed by atoms with Gasteiger partial charge in [-0.2, -0.15) is 0 Å². The van der Waals surface area contributed by atoms with Crippen LogP contribution in [0.5, 0.6) is 5.75 Å². The van der Waals surface area contributed by atoms with E-state index in [0.29, 0.717) is 5.69 Å². The van der Waals surface area contributed by atoms with Gasteiger partial charge in [0, 0.05) is 19.2 Å². The number of aryl methyl sites for hydroxylation is 1. The molecule has 0 bridgehead atoms. The summed E-state index contributed by atoms with van der Waals surface area (Å²) < 4.78 is 5.12. The summed E-state index contributed by atoms with van der Waals surface area (Å²) in [6.45, 7) is 2.02. The van der Waals surface area contributed by atoms with E-state index in [1.54, 1.807) is 43.3 Å². The van der Waals surface area contributed by atoms with Gasteiger partial charge in [-0.1, -0.05) is 29.8 Å². The van der Waals surface area contributed by atoms with Crippen molar-refractivity contribution < 1.29 is 14.3 Å². The lowest BCUT2D eigenvalue weighted by atomic mass is 9.92. The van der Waals surface area contributed by atoms with Crippen LogP contribution in [0.2, 0.25) is 0 Å². The normalized spacial score (nSPS) is 19.8. The van der Waals surface area contributed by atoms with Crippen LogP contribution in [-0.4, -0.2) is 30.9 Å². The third-order valence-corrected chi connectivity index (χ3v) is 4.70. The first kappa shape index (κ1) is 17.0. The second-order valence-electron chi connectivity index (χ2n) is 6.39. The molecule has 2 amide bonds. The van der Waals surface area contributed by atoms with Gasteiger partial charge in [0.05, 0.1) is 19.1 Å². The van der Waals surface area contributed by atoms with Crippen molar-refractivity contribution in [1.29, 1.82) is 0 Å². The maximum atomic E-state index is 12.8. The number of likely N-dealkylation sites (tertiary alicyclic amines) is 1. The van der Waals surface area contributed by atoms with E-state index in [1.165, 1.54) is 0 Å². The van der Waals surface area contributed by atoms with Crippen molar-refractivity contribution >= 4 is 17.5 Å². The summed E-state index contributed by atoms with van der Waals surface area (Å²) >= 11 is 0. The molecule has 1 aliphatic heterocycles. The number of rotatable bonds is 4. The van der Waals surface area contributed by atoms with Crippen LogP contribution in [0.15, 0.2) is 48.5 Å². The number of carbonyl (C=O) groups is 2. The molecule has 5 nitrogen and oxygen atoms in total. The molecule has 130 valence electrons. The highest BCUT2D eigenvalue weighted by molar-refractivity contribution is 5.98. The maximum Gasteiger partial charge on any atom is 0.230 e. The first-order valence-electron chi connectivity index (χ1n) is 8.26. The van der Waals surface area contributed by atoms with Crippen LogP contribution in [0.3, 0.4) is 0 Å². The predicted octanol–water partition coefficient (Wildman–Crippen LogP) is 3.16. The van der Waals surface area contributed by atoms with Crippen molar-refractivity contribution in [3.05, 3.63) is 59.7 Å². The summed E-state index contributed by atoms with van der Waals surface area (Å²) in [5.41, 5.74) is 2.82. The minimum absolute atomic E-state index is 0.0135. The predicted molar refractivity (Wildman–Crippen MR) is 96.4 cm³/mol. The zero-order chi connectivity index (χ0) is 18.0. The van der Waals surface area contributed by atoms with Gasteiger partial charge in [-0.15, -0.1) is 0 Å². The van der Waals surface area contributed by atoms with E-state index in [0.717, 1.165) is 16.9 Å². The fourth-order valence-electron chi connectivity index (χ4n) is 3.23. The van der Waals surface area contributed by atoms with Crippen LogP contribution < -0.4 is 10.1 Å². The average molecular weight is 338 g/mol. The lowest BCUT2D eigenvalue weighted by molar-refractivity contribution is -0.127. The molecule has 0 aliphatic carbocycles. The number of benzene rings is 2. The number of nitrogens with one attached hydrogen (secondary N) is 1. The summed E-state index contributed by atoms with van der Waals surface area (Å²) in [6.07, 6.45) is 0.219. The number of amides is 2. The van der Waals surface area contributed by atoms with Crippen molar-refractivity contribution in [3.63, 3.8) is 0 Å². The molecule has 0 radical (unpaired) electrons. The van der Waals surface area contributed by atoms with E-state index >= 15 is 0 Å². The van der Waals surface area contributed by atoms with Crippen LogP contribution in [0.4, 0.5) is 5.69 Å². The Morgan fingerprint density at radius 2 is 1.76 bits per heavy atom. The molecule has 2 aromatic carbocycles. The molecule has 0 saturated carbocycles. The maximum absolute atomic E-state index is 12.8. The van der Waals surface area contributed by atoms with E-state index in [2.05, 4.69) is 5.32 Å². The molecule has 2 aromatic rings. The monoisotopic (exact) mass is 338 g/mol. The highest BCUT2D eigenvalue weighted by atomic mass is 16.5. The van der Waals surface area contributed by atoms with Gasteiger partial charge < -0.3 is 15.0 Å². The van der Waals surface area contributed by atoms with Gasteiger partial charge in [0.1, 0.15) is 5.75 Å². The minimum Gasteiger partial charge on any atom is -0.497 e. The molecule has 0 unspecified atom stereocenters. The van der Waals surface area contributed by atoms with Gasteiger partial charge in [-0.25, -0.2) is 0 Å². The van der Waals surface area contributed by atoms with Crippen molar-refractivity contribution in [2.75, 3.05) is 19.5 Å². The SMILES string of the molecule is COc1ccc(NC(=O)[C@@H]2CC(=O)N(C)[C@@H]2c2ccc(C)cc2)cc1. The topological polar surface area (TPSA) is 58.6 Å². The number of ether oxygens (including phenoxy) is 1. The number of carbonyl (C=O) groups excluding carboxylic acids is 2. The van der Waals surface area contributed by atoms with Crippen molar-refractivity contribution in [3.8, 4) is 5.75 Å². The standard InChI is InChI=1S/C20H22N2O3/c1-13-4-6-14(7-5-13)19-17(12-18(23)22(19)2)20(24)21-15-8-10-16(25-3)11-9-15/h4-11,17,19H,12H2,1-3H3,(H,21,24)/t17-,19-/m1/s1. The summed E-state index contributed by atoms with van der Waals surface area (Å²) in [6, 6.07) is 14.9. The van der Waals surface area contributed by atoms with E-state index in [9.17, 15) is 9.59 Å². The molecule has 1 fully saturated rings. The zero-order valence-electron chi connectivity index (χ0n) is 14.7. The highest BCUT2D eigenvalue weighted by Crippen LogP contribution is 2.37. The fraction of sp³-hybridized carbons (Fsp3) is 0.300. The van der Waals surface area contributed by atoms with E-state index in [1.807, 2.05) is 31.2 Å². The van der Waals surface area contributed by atoms with Gasteiger partial charge in [0.2, 0.25) is 11.8 Å². The molecule has 0 aromatic heterocycles. The Hall–Kier alpha value is -2.82.